The number of carbonyl (C=O) groups excluding carboxylic acids is 1. The van der Waals surface area contributed by atoms with Crippen LogP contribution in [0.5, 0.6) is 0 Å². The molecule has 0 aliphatic heterocycles. The molecule has 0 aliphatic carbocycles. The first-order valence-corrected chi connectivity index (χ1v) is 8.03. The van der Waals surface area contributed by atoms with Gasteiger partial charge in [0.05, 0.1) is 0 Å². The zero-order valence-electron chi connectivity index (χ0n) is 13.9. The van der Waals surface area contributed by atoms with Crippen molar-refractivity contribution in [1.29, 1.82) is 0 Å². The van der Waals surface area contributed by atoms with Crippen LogP contribution in [0.3, 0.4) is 0 Å². The lowest BCUT2D eigenvalue weighted by Gasteiger charge is -2.08. The second kappa shape index (κ2) is 6.71. The molecule has 130 valence electrons. The van der Waals surface area contributed by atoms with E-state index >= 15 is 0 Å². The standard InChI is InChI=1S/C17H15N7O2/c1-11(17-20-16(23-26-17)14-8-4-5-9-18-14)19-15(25)10-24-21-12-6-2-3-7-13(12)22-24/h2-9,11H,10H2,1H3,(H,19,25). The number of nitrogens with zero attached hydrogens (tertiary/aromatic N) is 6. The molecule has 3 aromatic heterocycles. The molecule has 9 heteroatoms. The van der Waals surface area contributed by atoms with E-state index in [0.29, 0.717) is 17.4 Å². The van der Waals surface area contributed by atoms with E-state index in [9.17, 15) is 4.79 Å². The Hall–Kier alpha value is -3.62. The van der Waals surface area contributed by atoms with E-state index in [1.165, 1.54) is 4.80 Å². The van der Waals surface area contributed by atoms with Crippen LogP contribution in [0.2, 0.25) is 0 Å². The van der Waals surface area contributed by atoms with Gasteiger partial charge >= 0.3 is 0 Å². The highest BCUT2D eigenvalue weighted by Crippen LogP contribution is 2.16. The lowest BCUT2D eigenvalue weighted by atomic mass is 10.3. The summed E-state index contributed by atoms with van der Waals surface area (Å²) < 4.78 is 5.23. The molecule has 4 aromatic rings. The molecule has 1 N–H and O–H groups in total. The van der Waals surface area contributed by atoms with E-state index in [1.807, 2.05) is 30.3 Å². The Kier molecular flexibility index (Phi) is 4.10. The SMILES string of the molecule is CC(NC(=O)Cn1nc2ccccc2n1)c1nc(-c2ccccn2)no1. The van der Waals surface area contributed by atoms with E-state index < -0.39 is 6.04 Å². The van der Waals surface area contributed by atoms with Crippen LogP contribution in [0.1, 0.15) is 18.9 Å². The van der Waals surface area contributed by atoms with Gasteiger partial charge in [-0.2, -0.15) is 20.0 Å². The van der Waals surface area contributed by atoms with Gasteiger partial charge in [0.2, 0.25) is 17.6 Å². The normalized spacial score (nSPS) is 12.2. The van der Waals surface area contributed by atoms with E-state index in [2.05, 4.69) is 30.6 Å². The summed E-state index contributed by atoms with van der Waals surface area (Å²) in [5, 5.41) is 15.2. The minimum Gasteiger partial charge on any atom is -0.343 e. The summed E-state index contributed by atoms with van der Waals surface area (Å²) in [6.07, 6.45) is 1.65. The van der Waals surface area contributed by atoms with Gasteiger partial charge in [0.1, 0.15) is 29.3 Å². The van der Waals surface area contributed by atoms with Crippen molar-refractivity contribution in [1.82, 2.24) is 35.4 Å². The van der Waals surface area contributed by atoms with Crippen LogP contribution in [0.15, 0.2) is 53.2 Å². The van der Waals surface area contributed by atoms with Crippen LogP contribution >= 0.6 is 0 Å². The molecule has 1 atom stereocenters. The predicted molar refractivity (Wildman–Crippen MR) is 91.6 cm³/mol. The topological polar surface area (TPSA) is 112 Å². The minimum absolute atomic E-state index is 0.000253. The van der Waals surface area contributed by atoms with Gasteiger partial charge in [-0.3, -0.25) is 9.78 Å². The molecule has 26 heavy (non-hydrogen) atoms. The molecule has 0 spiro atoms. The van der Waals surface area contributed by atoms with Gasteiger partial charge in [-0.15, -0.1) is 0 Å². The molecule has 0 saturated carbocycles. The molecular weight excluding hydrogens is 334 g/mol. The number of benzene rings is 1. The first-order chi connectivity index (χ1) is 12.7. The van der Waals surface area contributed by atoms with Crippen LogP contribution in [0.4, 0.5) is 0 Å². The molecule has 0 radical (unpaired) electrons. The second-order valence-electron chi connectivity index (χ2n) is 5.68. The molecule has 4 rings (SSSR count). The summed E-state index contributed by atoms with van der Waals surface area (Å²) >= 11 is 0. The van der Waals surface area contributed by atoms with E-state index in [4.69, 9.17) is 4.52 Å². The fourth-order valence-corrected chi connectivity index (χ4v) is 2.46. The predicted octanol–water partition coefficient (Wildman–Crippen LogP) is 1.75. The van der Waals surface area contributed by atoms with Crippen molar-refractivity contribution in [2.75, 3.05) is 0 Å². The van der Waals surface area contributed by atoms with Gasteiger partial charge in [-0.05, 0) is 31.2 Å². The zero-order chi connectivity index (χ0) is 17.9. The highest BCUT2D eigenvalue weighted by molar-refractivity contribution is 5.77. The van der Waals surface area contributed by atoms with E-state index in [0.717, 1.165) is 11.0 Å². The summed E-state index contributed by atoms with van der Waals surface area (Å²) in [6.45, 7) is 1.76. The number of hydrogen-bond acceptors (Lipinski definition) is 7. The Morgan fingerprint density at radius 3 is 2.58 bits per heavy atom. The van der Waals surface area contributed by atoms with Crippen molar-refractivity contribution in [3.8, 4) is 11.5 Å². The maximum atomic E-state index is 12.2. The van der Waals surface area contributed by atoms with Crippen LogP contribution in [0, 0.1) is 0 Å². The van der Waals surface area contributed by atoms with Gasteiger partial charge in [-0.25, -0.2) is 0 Å². The third-order valence-electron chi connectivity index (χ3n) is 3.70. The van der Waals surface area contributed by atoms with Gasteiger partial charge in [0, 0.05) is 6.20 Å². The van der Waals surface area contributed by atoms with E-state index in [-0.39, 0.29) is 12.5 Å². The average Bonchev–Trinajstić information content (AvgIpc) is 3.29. The van der Waals surface area contributed by atoms with Gasteiger partial charge in [0.15, 0.2) is 0 Å². The highest BCUT2D eigenvalue weighted by atomic mass is 16.5. The molecule has 1 aromatic carbocycles. The second-order valence-corrected chi connectivity index (χ2v) is 5.68. The number of amides is 1. The molecule has 0 saturated heterocycles. The van der Waals surface area contributed by atoms with Crippen molar-refractivity contribution in [3.63, 3.8) is 0 Å². The number of aromatic nitrogens is 6. The van der Waals surface area contributed by atoms with Crippen molar-refractivity contribution in [2.45, 2.75) is 19.5 Å². The molecule has 0 fully saturated rings. The Bertz CT molecular complexity index is 1010. The summed E-state index contributed by atoms with van der Waals surface area (Å²) in [4.78, 5) is 22.0. The van der Waals surface area contributed by atoms with Crippen molar-refractivity contribution >= 4 is 16.9 Å². The smallest absolute Gasteiger partial charge is 0.249 e. The Labute approximate surface area is 148 Å². The summed E-state index contributed by atoms with van der Waals surface area (Å²) in [7, 11) is 0. The number of carbonyl (C=O) groups is 1. The molecule has 3 heterocycles. The Morgan fingerprint density at radius 1 is 1.15 bits per heavy atom. The summed E-state index contributed by atoms with van der Waals surface area (Å²) in [5.41, 5.74) is 2.09. The monoisotopic (exact) mass is 349 g/mol. The van der Waals surface area contributed by atoms with Gasteiger partial charge < -0.3 is 9.84 Å². The zero-order valence-corrected chi connectivity index (χ0v) is 13.9. The molecule has 0 aliphatic rings. The van der Waals surface area contributed by atoms with Crippen LogP contribution in [-0.2, 0) is 11.3 Å². The first-order valence-electron chi connectivity index (χ1n) is 8.03. The highest BCUT2D eigenvalue weighted by Gasteiger charge is 2.18. The molecule has 0 bridgehead atoms. The quantitative estimate of drug-likeness (QED) is 0.584. The van der Waals surface area contributed by atoms with Crippen LogP contribution < -0.4 is 5.32 Å². The van der Waals surface area contributed by atoms with Gasteiger partial charge in [0.25, 0.3) is 0 Å². The third-order valence-corrected chi connectivity index (χ3v) is 3.70. The number of nitrogens with one attached hydrogen (secondary N) is 1. The minimum atomic E-state index is -0.447. The molecular formula is C17H15N7O2. The molecule has 1 amide bonds. The number of rotatable bonds is 5. The molecule has 1 unspecified atom stereocenters. The van der Waals surface area contributed by atoms with Gasteiger partial charge in [-0.1, -0.05) is 23.4 Å². The van der Waals surface area contributed by atoms with Crippen LogP contribution in [0.25, 0.3) is 22.6 Å². The van der Waals surface area contributed by atoms with Crippen molar-refractivity contribution < 1.29 is 9.32 Å². The summed E-state index contributed by atoms with van der Waals surface area (Å²) in [6, 6.07) is 12.4. The first kappa shape index (κ1) is 15.9. The third kappa shape index (κ3) is 3.27. The average molecular weight is 349 g/mol. The lowest BCUT2D eigenvalue weighted by molar-refractivity contribution is -0.122. The largest absolute Gasteiger partial charge is 0.343 e. The fraction of sp³-hybridized carbons (Fsp3) is 0.176. The fourth-order valence-electron chi connectivity index (χ4n) is 2.46. The Morgan fingerprint density at radius 2 is 1.88 bits per heavy atom. The maximum Gasteiger partial charge on any atom is 0.249 e. The maximum absolute atomic E-state index is 12.2. The van der Waals surface area contributed by atoms with E-state index in [1.54, 1.807) is 25.3 Å². The number of hydrogen-bond donors (Lipinski definition) is 1. The summed E-state index contributed by atoms with van der Waals surface area (Å²) in [5.74, 6) is 0.426. The van der Waals surface area contributed by atoms with Crippen molar-refractivity contribution in [2.24, 2.45) is 0 Å². The Balaban J connectivity index is 1.42. The lowest BCUT2D eigenvalue weighted by Crippen LogP contribution is -2.31. The molecule has 9 nitrogen and oxygen atoms in total. The number of pyridine rings is 1. The van der Waals surface area contributed by atoms with Crippen molar-refractivity contribution in [3.05, 3.63) is 54.6 Å². The number of fused-ring (bicyclic) bond motifs is 1. The van der Waals surface area contributed by atoms with Crippen LogP contribution in [-0.4, -0.2) is 36.0 Å².